The smallest absolute Gasteiger partial charge is 0.287 e. The van der Waals surface area contributed by atoms with Gasteiger partial charge in [-0.25, -0.2) is 13.2 Å². The van der Waals surface area contributed by atoms with Gasteiger partial charge in [0.1, 0.15) is 0 Å². The molecule has 0 fully saturated rings. The zero-order valence-corrected chi connectivity index (χ0v) is 20.2. The van der Waals surface area contributed by atoms with Crippen LogP contribution in [0.4, 0.5) is 5.69 Å². The van der Waals surface area contributed by atoms with Crippen LogP contribution in [0.25, 0.3) is 11.0 Å². The largest absolute Gasteiger partial charge is 0.329 e. The predicted molar refractivity (Wildman–Crippen MR) is 134 cm³/mol. The molecule has 1 aromatic heterocycles. The van der Waals surface area contributed by atoms with Gasteiger partial charge in [-0.05, 0) is 46.4 Å². The number of sulfonamides is 1. The van der Waals surface area contributed by atoms with E-state index >= 15 is 0 Å². The molecule has 0 aliphatic heterocycles. The summed E-state index contributed by atoms with van der Waals surface area (Å²) in [6.07, 6.45) is 1.12. The van der Waals surface area contributed by atoms with E-state index in [1.165, 1.54) is 5.56 Å². The molecule has 0 saturated heterocycles. The number of imidazole rings is 1. The fourth-order valence-electron chi connectivity index (χ4n) is 3.95. The summed E-state index contributed by atoms with van der Waals surface area (Å²) in [7, 11) is -3.33. The van der Waals surface area contributed by atoms with Gasteiger partial charge in [0, 0.05) is 5.69 Å². The number of benzene rings is 3. The maximum atomic E-state index is 13.4. The van der Waals surface area contributed by atoms with Crippen molar-refractivity contribution in [2.75, 3.05) is 11.0 Å². The van der Waals surface area contributed by atoms with Crippen molar-refractivity contribution in [1.82, 2.24) is 9.13 Å². The quantitative estimate of drug-likeness (QED) is 0.455. The Balaban J connectivity index is 1.66. The minimum absolute atomic E-state index is 0.0746. The van der Waals surface area contributed by atoms with E-state index in [1.54, 1.807) is 21.3 Å². The second-order valence-corrected chi connectivity index (χ2v) is 11.2. The van der Waals surface area contributed by atoms with E-state index in [9.17, 15) is 13.2 Å². The Morgan fingerprint density at radius 2 is 1.21 bits per heavy atom. The highest BCUT2D eigenvalue weighted by Gasteiger charge is 2.16. The summed E-state index contributed by atoms with van der Waals surface area (Å²) < 4.78 is 28.9. The molecule has 6 nitrogen and oxygen atoms in total. The van der Waals surface area contributed by atoms with Crippen LogP contribution >= 0.6 is 0 Å². The number of aromatic nitrogens is 2. The number of rotatable bonds is 6. The Labute approximate surface area is 194 Å². The zero-order valence-electron chi connectivity index (χ0n) is 19.4. The van der Waals surface area contributed by atoms with Gasteiger partial charge in [-0.15, -0.1) is 0 Å². The van der Waals surface area contributed by atoms with E-state index < -0.39 is 10.0 Å². The summed E-state index contributed by atoms with van der Waals surface area (Å²) in [5.41, 5.74) is 5.50. The van der Waals surface area contributed by atoms with Gasteiger partial charge in [0.2, 0.25) is 10.0 Å². The van der Waals surface area contributed by atoms with Gasteiger partial charge < -0.3 is 0 Å². The molecule has 0 bridgehead atoms. The van der Waals surface area contributed by atoms with Crippen molar-refractivity contribution in [1.29, 1.82) is 0 Å². The lowest BCUT2D eigenvalue weighted by atomic mass is 9.87. The van der Waals surface area contributed by atoms with Crippen LogP contribution < -0.4 is 10.4 Å². The fraction of sp³-hybridized carbons (Fsp3) is 0.269. The van der Waals surface area contributed by atoms with Gasteiger partial charge in [-0.2, -0.15) is 0 Å². The van der Waals surface area contributed by atoms with Gasteiger partial charge in [0.25, 0.3) is 0 Å². The number of nitrogens with zero attached hydrogens (tertiary/aromatic N) is 2. The lowest BCUT2D eigenvalue weighted by Gasteiger charge is -2.19. The third kappa shape index (κ3) is 5.20. The molecule has 1 N–H and O–H groups in total. The van der Waals surface area contributed by atoms with Crippen molar-refractivity contribution in [3.8, 4) is 0 Å². The number of nitrogens with one attached hydrogen (secondary N) is 1. The molecule has 4 rings (SSSR count). The second kappa shape index (κ2) is 8.56. The highest BCUT2D eigenvalue weighted by Crippen LogP contribution is 2.23. The molecule has 172 valence electrons. The van der Waals surface area contributed by atoms with Crippen molar-refractivity contribution in [2.24, 2.45) is 0 Å². The molecule has 0 aliphatic rings. The molecule has 0 radical (unpaired) electrons. The first-order valence-electron chi connectivity index (χ1n) is 10.9. The SMILES string of the molecule is CC(C)(C)c1ccc(Cn2c(=O)n(Cc3ccc(NS(C)(=O)=O)cc3)c3ccccc32)cc1. The first-order valence-corrected chi connectivity index (χ1v) is 12.7. The molecule has 0 aliphatic carbocycles. The average Bonchev–Trinajstić information content (AvgIpc) is 3.00. The highest BCUT2D eigenvalue weighted by molar-refractivity contribution is 7.92. The van der Waals surface area contributed by atoms with E-state index in [1.807, 2.05) is 36.4 Å². The van der Waals surface area contributed by atoms with E-state index in [0.717, 1.165) is 28.4 Å². The maximum Gasteiger partial charge on any atom is 0.329 e. The molecule has 4 aromatic rings. The molecular formula is C26H29N3O3S. The average molecular weight is 464 g/mol. The van der Waals surface area contributed by atoms with Crippen molar-refractivity contribution < 1.29 is 8.42 Å². The van der Waals surface area contributed by atoms with E-state index in [-0.39, 0.29) is 11.1 Å². The molecule has 0 spiro atoms. The van der Waals surface area contributed by atoms with Crippen LogP contribution in [0.2, 0.25) is 0 Å². The minimum Gasteiger partial charge on any atom is -0.287 e. The zero-order chi connectivity index (χ0) is 23.8. The number of para-hydroxylation sites is 2. The van der Waals surface area contributed by atoms with Crippen LogP contribution in [0.3, 0.4) is 0 Å². The third-order valence-corrected chi connectivity index (χ3v) is 6.29. The highest BCUT2D eigenvalue weighted by atomic mass is 32.2. The van der Waals surface area contributed by atoms with Crippen LogP contribution in [0.5, 0.6) is 0 Å². The van der Waals surface area contributed by atoms with E-state index in [4.69, 9.17) is 0 Å². The molecule has 0 atom stereocenters. The van der Waals surface area contributed by atoms with Crippen LogP contribution in [-0.4, -0.2) is 23.8 Å². The number of hydrogen-bond acceptors (Lipinski definition) is 3. The van der Waals surface area contributed by atoms with Crippen LogP contribution in [0.1, 0.15) is 37.5 Å². The number of hydrogen-bond donors (Lipinski definition) is 1. The molecule has 0 saturated carbocycles. The van der Waals surface area contributed by atoms with Crippen LogP contribution in [-0.2, 0) is 28.5 Å². The molecule has 0 amide bonds. The van der Waals surface area contributed by atoms with Gasteiger partial charge in [0.15, 0.2) is 0 Å². The van der Waals surface area contributed by atoms with E-state index in [2.05, 4.69) is 49.8 Å². The lowest BCUT2D eigenvalue weighted by molar-refractivity contribution is 0.589. The van der Waals surface area contributed by atoms with Gasteiger partial charge in [-0.3, -0.25) is 13.9 Å². The van der Waals surface area contributed by atoms with Crippen molar-refractivity contribution in [2.45, 2.75) is 39.3 Å². The van der Waals surface area contributed by atoms with Crippen molar-refractivity contribution in [3.05, 3.63) is 100.0 Å². The predicted octanol–water partition coefficient (Wildman–Crippen LogP) is 4.57. The van der Waals surface area contributed by atoms with Crippen LogP contribution in [0.15, 0.2) is 77.6 Å². The molecule has 1 heterocycles. The summed E-state index contributed by atoms with van der Waals surface area (Å²) in [6.45, 7) is 7.44. The first-order chi connectivity index (χ1) is 15.5. The summed E-state index contributed by atoms with van der Waals surface area (Å²) in [5, 5.41) is 0. The van der Waals surface area contributed by atoms with E-state index in [0.29, 0.717) is 18.8 Å². The summed E-state index contributed by atoms with van der Waals surface area (Å²) in [4.78, 5) is 13.4. The summed E-state index contributed by atoms with van der Waals surface area (Å²) >= 11 is 0. The maximum absolute atomic E-state index is 13.4. The lowest BCUT2D eigenvalue weighted by Crippen LogP contribution is -2.25. The Morgan fingerprint density at radius 1 is 0.758 bits per heavy atom. The standard InChI is InChI=1S/C26H29N3O3S/c1-26(2,3)21-13-9-19(10-14-21)17-28-23-7-5-6-8-24(23)29(25(28)30)18-20-11-15-22(16-12-20)27-33(4,31)32/h5-16,27H,17-18H2,1-4H3. The second-order valence-electron chi connectivity index (χ2n) is 9.46. The molecular weight excluding hydrogens is 434 g/mol. The van der Waals surface area contributed by atoms with Crippen molar-refractivity contribution in [3.63, 3.8) is 0 Å². The molecule has 0 unspecified atom stereocenters. The summed E-state index contributed by atoms with van der Waals surface area (Å²) in [6, 6.07) is 23.3. The topological polar surface area (TPSA) is 73.1 Å². The fourth-order valence-corrected chi connectivity index (χ4v) is 4.51. The first kappa shape index (κ1) is 22.9. The van der Waals surface area contributed by atoms with Gasteiger partial charge >= 0.3 is 5.69 Å². The third-order valence-electron chi connectivity index (χ3n) is 5.68. The monoisotopic (exact) mass is 463 g/mol. The van der Waals surface area contributed by atoms with Gasteiger partial charge in [0.05, 0.1) is 30.4 Å². The Hall–Kier alpha value is -3.32. The molecule has 3 aromatic carbocycles. The summed E-state index contributed by atoms with van der Waals surface area (Å²) in [5.74, 6) is 0. The number of fused-ring (bicyclic) bond motifs is 1. The number of anilines is 1. The Kier molecular flexibility index (Phi) is 5.93. The minimum atomic E-state index is -3.33. The normalized spacial score (nSPS) is 12.2. The molecule has 33 heavy (non-hydrogen) atoms. The van der Waals surface area contributed by atoms with Crippen molar-refractivity contribution >= 4 is 26.7 Å². The van der Waals surface area contributed by atoms with Gasteiger partial charge in [-0.1, -0.05) is 69.3 Å². The molecule has 7 heteroatoms. The Bertz CT molecular complexity index is 1440. The van der Waals surface area contributed by atoms with Crippen LogP contribution in [0, 0.1) is 0 Å². The Morgan fingerprint density at radius 3 is 1.64 bits per heavy atom.